The van der Waals surface area contributed by atoms with E-state index in [1.165, 1.54) is 56.7 Å². The predicted molar refractivity (Wildman–Crippen MR) is 203 cm³/mol. The van der Waals surface area contributed by atoms with Crippen LogP contribution in [0.3, 0.4) is 0 Å². The first kappa shape index (κ1) is 41.1. The predicted octanol–water partition coefficient (Wildman–Crippen LogP) is 7.23. The van der Waals surface area contributed by atoms with Crippen LogP contribution in [0.15, 0.2) is 107 Å². The van der Waals surface area contributed by atoms with E-state index in [-0.39, 0.29) is 45.0 Å². The fraction of sp³-hybridized carbons (Fsp3) is 0.200. The molecule has 0 aliphatic carbocycles. The van der Waals surface area contributed by atoms with E-state index in [0.29, 0.717) is 28.3 Å². The summed E-state index contributed by atoms with van der Waals surface area (Å²) in [5.74, 6) is -0.289. The highest BCUT2D eigenvalue weighted by atomic mass is 32.2. The van der Waals surface area contributed by atoms with Crippen LogP contribution >= 0.6 is 0 Å². The number of rotatable bonds is 14. The van der Waals surface area contributed by atoms with E-state index in [1.807, 2.05) is 0 Å². The van der Waals surface area contributed by atoms with Crippen molar-refractivity contribution in [1.29, 1.82) is 0 Å². The van der Waals surface area contributed by atoms with Crippen molar-refractivity contribution in [3.8, 4) is 23.0 Å². The molecule has 21 heteroatoms. The maximum Gasteiger partial charge on any atom is 0.296 e. The lowest BCUT2D eigenvalue weighted by Crippen LogP contribution is -2.21. The Bertz CT molecular complexity index is 2630. The molecule has 19 nitrogen and oxygen atoms in total. The van der Waals surface area contributed by atoms with Gasteiger partial charge in [-0.1, -0.05) is 6.07 Å². The molecule has 0 saturated heterocycles. The first-order chi connectivity index (χ1) is 26.4. The van der Waals surface area contributed by atoms with Gasteiger partial charge in [-0.3, -0.25) is 9.11 Å². The Morgan fingerprint density at radius 3 is 1.96 bits per heavy atom. The average Bonchev–Trinajstić information content (AvgIpc) is 3.15. The second-order valence-corrected chi connectivity index (χ2v) is 14.8. The summed E-state index contributed by atoms with van der Waals surface area (Å²) in [5, 5.41) is 55.6. The first-order valence-corrected chi connectivity index (χ1v) is 19.0. The number of aliphatic hydroxyl groups is 2. The largest absolute Gasteiger partial charge is 0.505 e. The van der Waals surface area contributed by atoms with Crippen LogP contribution in [0.4, 0.5) is 39.8 Å². The molecule has 56 heavy (non-hydrogen) atoms. The number of hydrogen-bond donors (Lipinski definition) is 6. The fourth-order valence-corrected chi connectivity index (χ4v) is 6.40. The van der Waals surface area contributed by atoms with Crippen LogP contribution in [0.5, 0.6) is 23.0 Å². The molecule has 0 aliphatic rings. The summed E-state index contributed by atoms with van der Waals surface area (Å²) < 4.78 is 84.8. The van der Waals surface area contributed by atoms with Crippen LogP contribution in [-0.4, -0.2) is 74.8 Å². The molecule has 0 heterocycles. The van der Waals surface area contributed by atoms with Crippen molar-refractivity contribution >= 4 is 70.8 Å². The summed E-state index contributed by atoms with van der Waals surface area (Å²) in [5.41, 5.74) is 7.25. The summed E-state index contributed by atoms with van der Waals surface area (Å²) >= 11 is 0. The smallest absolute Gasteiger partial charge is 0.296 e. The zero-order valence-corrected chi connectivity index (χ0v) is 31.6. The van der Waals surface area contributed by atoms with Crippen molar-refractivity contribution in [2.75, 3.05) is 33.2 Å². The van der Waals surface area contributed by atoms with Crippen LogP contribution in [0, 0.1) is 13.8 Å². The molecule has 0 bridgehead atoms. The van der Waals surface area contributed by atoms with Gasteiger partial charge < -0.3 is 35.3 Å². The molecular weight excluding hydrogens is 775 g/mol. The van der Waals surface area contributed by atoms with Crippen LogP contribution in [0.25, 0.3) is 10.8 Å². The number of nitrogens with zero attached hydrogens (tertiary/aromatic N) is 6. The average molecular weight is 810 g/mol. The lowest BCUT2D eigenvalue weighted by molar-refractivity contribution is 0.0538. The molecular formula is C35H35N7O12S2. The van der Waals surface area contributed by atoms with E-state index in [0.717, 1.165) is 12.1 Å². The normalized spacial score (nSPS) is 12.9. The van der Waals surface area contributed by atoms with E-state index in [1.54, 1.807) is 26.0 Å². The SMILES string of the molecule is COc1ccc(N=Nc2cc(OCC(O)CO)c(N=Nc3c(S(=O)(=O)O)cc4ccc(N=Nc5cc(OC)c(N)cc5C)cc4c3O)cc2C)c(S(=O)(=O)O)c1. The van der Waals surface area contributed by atoms with Crippen LogP contribution in [0.2, 0.25) is 0 Å². The van der Waals surface area contributed by atoms with Crippen LogP contribution in [-0.2, 0) is 20.2 Å². The molecule has 0 aliphatic heterocycles. The van der Waals surface area contributed by atoms with Crippen molar-refractivity contribution in [2.45, 2.75) is 29.7 Å². The van der Waals surface area contributed by atoms with Crippen molar-refractivity contribution in [2.24, 2.45) is 30.7 Å². The molecule has 1 atom stereocenters. The van der Waals surface area contributed by atoms with Gasteiger partial charge in [-0.15, -0.1) is 15.3 Å². The Labute approximate surface area is 319 Å². The topological polar surface area (TPSA) is 297 Å². The van der Waals surface area contributed by atoms with E-state index >= 15 is 0 Å². The lowest BCUT2D eigenvalue weighted by Gasteiger charge is -2.13. The third-order valence-electron chi connectivity index (χ3n) is 8.02. The highest BCUT2D eigenvalue weighted by Gasteiger charge is 2.23. The van der Waals surface area contributed by atoms with Gasteiger partial charge in [0, 0.05) is 23.6 Å². The van der Waals surface area contributed by atoms with Crippen molar-refractivity contribution in [3.05, 3.63) is 77.9 Å². The van der Waals surface area contributed by atoms with E-state index in [9.17, 15) is 41.3 Å². The number of methoxy groups -OCH3 is 2. The third-order valence-corrected chi connectivity index (χ3v) is 9.77. The van der Waals surface area contributed by atoms with Gasteiger partial charge in [0.1, 0.15) is 56.8 Å². The Kier molecular flexibility index (Phi) is 12.3. The second kappa shape index (κ2) is 16.7. The quantitative estimate of drug-likeness (QED) is 0.0367. The number of nitrogens with two attached hydrogens (primary N) is 1. The van der Waals surface area contributed by atoms with E-state index in [4.69, 9.17) is 19.9 Å². The Morgan fingerprint density at radius 1 is 0.696 bits per heavy atom. The number of phenols is 1. The first-order valence-electron chi connectivity index (χ1n) is 16.1. The molecule has 7 N–H and O–H groups in total. The number of aliphatic hydroxyl groups excluding tert-OH is 2. The molecule has 1 unspecified atom stereocenters. The number of fused-ring (bicyclic) bond motifs is 1. The third kappa shape index (κ3) is 9.39. The molecule has 0 amide bonds. The highest BCUT2D eigenvalue weighted by molar-refractivity contribution is 7.86. The van der Waals surface area contributed by atoms with Gasteiger partial charge in [-0.25, -0.2) is 0 Å². The van der Waals surface area contributed by atoms with Crippen molar-refractivity contribution in [3.63, 3.8) is 0 Å². The maximum absolute atomic E-state index is 12.5. The van der Waals surface area contributed by atoms with Gasteiger partial charge in [0.05, 0.1) is 43.6 Å². The zero-order valence-electron chi connectivity index (χ0n) is 30.0. The van der Waals surface area contributed by atoms with Crippen LogP contribution in [0.1, 0.15) is 11.1 Å². The molecule has 5 aromatic carbocycles. The standard InChI is InChI=1S/C35H35N7O12S2/c1-18-9-25(36)30(53-4)14-27(18)39-37-21-6-5-20-11-33(56(49,50)51)34(35(45)24(20)12-21)42-41-29-10-19(2)28(15-31(29)54-17-22(44)16-43)40-38-26-8-7-23(52-3)13-32(26)55(46,47)48/h5-15,22,43-45H,16-17,36H2,1-4H3,(H,46,47,48)(H,49,50,51). The van der Waals surface area contributed by atoms with E-state index in [2.05, 4.69) is 30.7 Å². The van der Waals surface area contributed by atoms with Crippen molar-refractivity contribution < 1.29 is 55.5 Å². The molecule has 294 valence electrons. The summed E-state index contributed by atoms with van der Waals surface area (Å²) in [6.45, 7) is 2.22. The number of nitrogen functional groups attached to an aromatic ring is 1. The number of benzene rings is 5. The second-order valence-electron chi connectivity index (χ2n) is 12.0. The van der Waals surface area contributed by atoms with Gasteiger partial charge >= 0.3 is 0 Å². The van der Waals surface area contributed by atoms with Gasteiger partial charge in [-0.05, 0) is 72.8 Å². The Hall–Kier alpha value is -6.10. The zero-order chi connectivity index (χ0) is 40.9. The number of aryl methyl sites for hydroxylation is 2. The highest BCUT2D eigenvalue weighted by Crippen LogP contribution is 2.44. The Morgan fingerprint density at radius 2 is 1.32 bits per heavy atom. The lowest BCUT2D eigenvalue weighted by atomic mass is 10.1. The number of hydrogen-bond acceptors (Lipinski definition) is 17. The molecule has 5 aromatic rings. The molecule has 5 rings (SSSR count). The fourth-order valence-electron chi connectivity index (χ4n) is 5.10. The van der Waals surface area contributed by atoms with Crippen LogP contribution < -0.4 is 19.9 Å². The molecule has 0 fully saturated rings. The number of aromatic hydroxyl groups is 1. The van der Waals surface area contributed by atoms with Gasteiger partial charge in [0.15, 0.2) is 5.75 Å². The molecule has 0 spiro atoms. The minimum Gasteiger partial charge on any atom is -0.505 e. The van der Waals surface area contributed by atoms with Gasteiger partial charge in [0.2, 0.25) is 0 Å². The summed E-state index contributed by atoms with van der Waals surface area (Å²) in [6.07, 6.45) is -1.34. The summed E-state index contributed by atoms with van der Waals surface area (Å²) in [6, 6.07) is 15.1. The van der Waals surface area contributed by atoms with Gasteiger partial charge in [-0.2, -0.15) is 32.2 Å². The van der Waals surface area contributed by atoms with E-state index < -0.39 is 60.8 Å². The number of azo groups is 3. The molecule has 0 radical (unpaired) electrons. The number of phenolic OH excluding ortho intramolecular Hbond substituents is 1. The van der Waals surface area contributed by atoms with Gasteiger partial charge in [0.25, 0.3) is 20.2 Å². The number of ether oxygens (including phenoxy) is 3. The molecule has 0 saturated carbocycles. The number of anilines is 1. The minimum absolute atomic E-state index is 0.0756. The maximum atomic E-state index is 12.5. The summed E-state index contributed by atoms with van der Waals surface area (Å²) in [4.78, 5) is -1.36. The monoisotopic (exact) mass is 809 g/mol. The summed E-state index contributed by atoms with van der Waals surface area (Å²) in [7, 11) is -6.97. The minimum atomic E-state index is -4.99. The molecule has 0 aromatic heterocycles. The van der Waals surface area contributed by atoms with Crippen molar-refractivity contribution in [1.82, 2.24) is 0 Å². The Balaban J connectivity index is 1.59.